The second-order valence-corrected chi connectivity index (χ2v) is 3.59. The molecular formula is C8H6ClN3S. The van der Waals surface area contributed by atoms with Gasteiger partial charge in [-0.25, -0.2) is 9.66 Å². The van der Waals surface area contributed by atoms with E-state index >= 15 is 0 Å². The van der Waals surface area contributed by atoms with Crippen LogP contribution in [0, 0.1) is 0 Å². The number of halogens is 1. The Hall–Kier alpha value is -1.13. The third-order valence-electron chi connectivity index (χ3n) is 1.38. The van der Waals surface area contributed by atoms with Crippen LogP contribution >= 0.6 is 22.9 Å². The summed E-state index contributed by atoms with van der Waals surface area (Å²) in [6.45, 7) is 0. The van der Waals surface area contributed by atoms with Crippen molar-refractivity contribution in [3.05, 3.63) is 40.1 Å². The lowest BCUT2D eigenvalue weighted by molar-refractivity contribution is 0.894. The van der Waals surface area contributed by atoms with Crippen molar-refractivity contribution in [1.82, 2.24) is 9.66 Å². The van der Waals surface area contributed by atoms with Crippen molar-refractivity contribution in [1.29, 1.82) is 0 Å². The number of rotatable bonds is 2. The topological polar surface area (TPSA) is 30.2 Å². The molecule has 0 saturated carbocycles. The summed E-state index contributed by atoms with van der Waals surface area (Å²) in [5.74, 6) is 0. The van der Waals surface area contributed by atoms with Crippen LogP contribution in [0.3, 0.4) is 0 Å². The van der Waals surface area contributed by atoms with Gasteiger partial charge in [0.05, 0.1) is 6.21 Å². The Labute approximate surface area is 84.3 Å². The molecule has 0 radical (unpaired) electrons. The average molecular weight is 212 g/mol. The molecule has 0 N–H and O–H groups in total. The Balaban J connectivity index is 2.14. The number of nitrogens with zero attached hydrogens (tertiary/aromatic N) is 3. The van der Waals surface area contributed by atoms with Crippen molar-refractivity contribution < 1.29 is 0 Å². The van der Waals surface area contributed by atoms with Crippen molar-refractivity contribution in [3.8, 4) is 0 Å². The minimum Gasteiger partial charge on any atom is -0.248 e. The van der Waals surface area contributed by atoms with Crippen LogP contribution in [-0.4, -0.2) is 15.9 Å². The summed E-state index contributed by atoms with van der Waals surface area (Å²) >= 11 is 7.12. The predicted octanol–water partition coefficient (Wildman–Crippen LogP) is 2.48. The van der Waals surface area contributed by atoms with E-state index in [-0.39, 0.29) is 0 Å². The van der Waals surface area contributed by atoms with E-state index in [1.807, 2.05) is 24.5 Å². The van der Waals surface area contributed by atoms with Crippen LogP contribution in [0.25, 0.3) is 0 Å². The lowest BCUT2D eigenvalue weighted by atomic mass is 10.7. The van der Waals surface area contributed by atoms with Crippen molar-refractivity contribution in [2.75, 3.05) is 0 Å². The minimum atomic E-state index is 0.513. The van der Waals surface area contributed by atoms with E-state index in [1.54, 1.807) is 16.3 Å². The van der Waals surface area contributed by atoms with Gasteiger partial charge in [-0.3, -0.25) is 0 Å². The van der Waals surface area contributed by atoms with Gasteiger partial charge in [0, 0.05) is 17.8 Å². The monoisotopic (exact) mass is 211 g/mol. The average Bonchev–Trinajstić information content (AvgIpc) is 2.71. The molecule has 0 bridgehead atoms. The van der Waals surface area contributed by atoms with E-state index in [0.29, 0.717) is 5.15 Å². The number of hydrogen-bond acceptors (Lipinski definition) is 3. The maximum absolute atomic E-state index is 5.65. The zero-order valence-corrected chi connectivity index (χ0v) is 8.16. The molecule has 2 rings (SSSR count). The molecule has 0 aliphatic rings. The highest BCUT2D eigenvalue weighted by Crippen LogP contribution is 2.11. The first-order valence-corrected chi connectivity index (χ1v) is 4.89. The fraction of sp³-hybridized carbons (Fsp3) is 0. The molecule has 13 heavy (non-hydrogen) atoms. The number of aromatic nitrogens is 2. The van der Waals surface area contributed by atoms with E-state index in [0.717, 1.165) is 5.01 Å². The van der Waals surface area contributed by atoms with E-state index in [9.17, 15) is 0 Å². The van der Waals surface area contributed by atoms with Crippen LogP contribution in [0.1, 0.15) is 5.01 Å². The molecule has 0 atom stereocenters. The van der Waals surface area contributed by atoms with E-state index < -0.39 is 0 Å². The fourth-order valence-corrected chi connectivity index (χ4v) is 1.65. The zero-order valence-electron chi connectivity index (χ0n) is 6.59. The molecule has 0 fully saturated rings. The van der Waals surface area contributed by atoms with Gasteiger partial charge in [0.2, 0.25) is 0 Å². The molecule has 0 aromatic carbocycles. The molecule has 5 heteroatoms. The van der Waals surface area contributed by atoms with Gasteiger partial charge < -0.3 is 0 Å². The smallest absolute Gasteiger partial charge is 0.140 e. The first kappa shape index (κ1) is 8.47. The molecular weight excluding hydrogens is 206 g/mol. The van der Waals surface area contributed by atoms with Crippen LogP contribution in [-0.2, 0) is 0 Å². The van der Waals surface area contributed by atoms with Gasteiger partial charge in [-0.1, -0.05) is 11.6 Å². The standard InChI is InChI=1S/C8H6ClN3S/c9-7-6-13-8(11-7)5-10-12-3-1-2-4-12/h1-6H/b10-5+. The van der Waals surface area contributed by atoms with Crippen LogP contribution in [0.15, 0.2) is 35.0 Å². The SMILES string of the molecule is Clc1csc(/C=N/n2cccc2)n1. The van der Waals surface area contributed by atoms with E-state index in [4.69, 9.17) is 11.6 Å². The van der Waals surface area contributed by atoms with Crippen LogP contribution < -0.4 is 0 Å². The summed E-state index contributed by atoms with van der Waals surface area (Å²) in [5, 5.41) is 7.22. The molecule has 0 aliphatic carbocycles. The zero-order chi connectivity index (χ0) is 9.10. The summed E-state index contributed by atoms with van der Waals surface area (Å²) < 4.78 is 1.70. The van der Waals surface area contributed by atoms with Gasteiger partial charge in [-0.05, 0) is 12.1 Å². The lowest BCUT2D eigenvalue weighted by Gasteiger charge is -1.88. The molecule has 2 aromatic rings. The molecule has 2 aromatic heterocycles. The van der Waals surface area contributed by atoms with Gasteiger partial charge in [0.1, 0.15) is 10.2 Å². The summed E-state index contributed by atoms with van der Waals surface area (Å²) in [6.07, 6.45) is 5.38. The highest BCUT2D eigenvalue weighted by Gasteiger charge is 1.94. The maximum Gasteiger partial charge on any atom is 0.140 e. The number of hydrogen-bond donors (Lipinski definition) is 0. The first-order chi connectivity index (χ1) is 6.34. The second kappa shape index (κ2) is 3.72. The van der Waals surface area contributed by atoms with Gasteiger partial charge in [0.25, 0.3) is 0 Å². The van der Waals surface area contributed by atoms with Crippen LogP contribution in [0.5, 0.6) is 0 Å². The summed E-state index contributed by atoms with van der Waals surface area (Å²) in [6, 6.07) is 3.82. The normalized spacial score (nSPS) is 11.2. The Morgan fingerprint density at radius 1 is 1.46 bits per heavy atom. The van der Waals surface area contributed by atoms with Crippen molar-refractivity contribution >= 4 is 29.2 Å². The predicted molar refractivity (Wildman–Crippen MR) is 54.5 cm³/mol. The third kappa shape index (κ3) is 2.17. The second-order valence-electron chi connectivity index (χ2n) is 2.32. The molecule has 3 nitrogen and oxygen atoms in total. The van der Waals surface area contributed by atoms with Gasteiger partial charge in [-0.2, -0.15) is 5.10 Å². The molecule has 0 spiro atoms. The summed E-state index contributed by atoms with van der Waals surface area (Å²) in [7, 11) is 0. The lowest BCUT2D eigenvalue weighted by Crippen LogP contribution is -1.85. The highest BCUT2D eigenvalue weighted by atomic mass is 35.5. The summed E-state index contributed by atoms with van der Waals surface area (Å²) in [4.78, 5) is 4.03. The molecule has 0 unspecified atom stereocenters. The van der Waals surface area contributed by atoms with E-state index in [1.165, 1.54) is 11.3 Å². The molecule has 2 heterocycles. The largest absolute Gasteiger partial charge is 0.248 e. The molecule has 0 saturated heterocycles. The first-order valence-electron chi connectivity index (χ1n) is 3.63. The van der Waals surface area contributed by atoms with Gasteiger partial charge >= 0.3 is 0 Å². The maximum atomic E-state index is 5.65. The Kier molecular flexibility index (Phi) is 2.42. The Morgan fingerprint density at radius 3 is 2.85 bits per heavy atom. The Morgan fingerprint density at radius 2 is 2.23 bits per heavy atom. The minimum absolute atomic E-state index is 0.513. The quantitative estimate of drug-likeness (QED) is 0.702. The molecule has 0 amide bonds. The van der Waals surface area contributed by atoms with Crippen LogP contribution in [0.4, 0.5) is 0 Å². The van der Waals surface area contributed by atoms with Crippen molar-refractivity contribution in [2.24, 2.45) is 5.10 Å². The van der Waals surface area contributed by atoms with E-state index in [2.05, 4.69) is 10.1 Å². The molecule has 0 aliphatic heterocycles. The number of thiazole rings is 1. The molecule has 66 valence electrons. The van der Waals surface area contributed by atoms with Gasteiger partial charge in [-0.15, -0.1) is 11.3 Å². The van der Waals surface area contributed by atoms with Crippen molar-refractivity contribution in [3.63, 3.8) is 0 Å². The van der Waals surface area contributed by atoms with Gasteiger partial charge in [0.15, 0.2) is 0 Å². The third-order valence-corrected chi connectivity index (χ3v) is 2.49. The van der Waals surface area contributed by atoms with Crippen molar-refractivity contribution in [2.45, 2.75) is 0 Å². The summed E-state index contributed by atoms with van der Waals surface area (Å²) in [5.41, 5.74) is 0. The fourth-order valence-electron chi connectivity index (χ4n) is 0.845. The van der Waals surface area contributed by atoms with Crippen LogP contribution in [0.2, 0.25) is 5.15 Å². The highest BCUT2D eigenvalue weighted by molar-refractivity contribution is 7.11. The Bertz CT molecular complexity index is 405.